The Bertz CT molecular complexity index is 497. The zero-order valence-electron chi connectivity index (χ0n) is 8.61. The molecule has 2 aromatic rings. The highest BCUT2D eigenvalue weighted by atomic mass is 19.3. The highest BCUT2D eigenvalue weighted by Crippen LogP contribution is 2.29. The number of rotatable bonds is 3. The number of hydrogen-bond donors (Lipinski definition) is 0. The minimum atomic E-state index is -2.81. The Kier molecular flexibility index (Phi) is 2.90. The van der Waals surface area contributed by atoms with Gasteiger partial charge in [0, 0.05) is 5.39 Å². The van der Waals surface area contributed by atoms with Crippen molar-refractivity contribution >= 4 is 10.8 Å². The molecule has 0 heterocycles. The second kappa shape index (κ2) is 4.35. The average Bonchev–Trinajstić information content (AvgIpc) is 2.27. The van der Waals surface area contributed by atoms with Gasteiger partial charge < -0.3 is 9.47 Å². The number of fused-ring (bicyclic) bond motifs is 1. The Labute approximate surface area is 91.4 Å². The van der Waals surface area contributed by atoms with Crippen LogP contribution < -0.4 is 9.47 Å². The maximum absolute atomic E-state index is 12.0. The third kappa shape index (κ3) is 2.05. The average molecular weight is 224 g/mol. The fourth-order valence-electron chi connectivity index (χ4n) is 1.58. The summed E-state index contributed by atoms with van der Waals surface area (Å²) in [6.45, 7) is -2.81. The quantitative estimate of drug-likeness (QED) is 0.794. The predicted octanol–water partition coefficient (Wildman–Crippen LogP) is 3.45. The van der Waals surface area contributed by atoms with Crippen LogP contribution in [-0.4, -0.2) is 13.7 Å². The van der Waals surface area contributed by atoms with Gasteiger partial charge in [-0.3, -0.25) is 0 Å². The van der Waals surface area contributed by atoms with Gasteiger partial charge in [0.25, 0.3) is 0 Å². The number of halogens is 2. The van der Waals surface area contributed by atoms with Crippen molar-refractivity contribution in [2.75, 3.05) is 7.11 Å². The molecule has 0 aliphatic heterocycles. The molecule has 0 aliphatic carbocycles. The van der Waals surface area contributed by atoms with Crippen LogP contribution in [0.4, 0.5) is 8.78 Å². The van der Waals surface area contributed by atoms with Gasteiger partial charge in [0.2, 0.25) is 0 Å². The van der Waals surface area contributed by atoms with Crippen molar-refractivity contribution in [2.45, 2.75) is 6.61 Å². The van der Waals surface area contributed by atoms with E-state index in [0.717, 1.165) is 10.8 Å². The summed E-state index contributed by atoms with van der Waals surface area (Å²) in [5.74, 6) is 0.768. The molecular weight excluding hydrogens is 214 g/mol. The first-order chi connectivity index (χ1) is 7.70. The molecule has 0 amide bonds. The molecule has 0 bridgehead atoms. The van der Waals surface area contributed by atoms with Crippen molar-refractivity contribution in [3.05, 3.63) is 36.4 Å². The first kappa shape index (κ1) is 10.7. The van der Waals surface area contributed by atoms with E-state index in [4.69, 9.17) is 4.74 Å². The van der Waals surface area contributed by atoms with E-state index in [0.29, 0.717) is 5.75 Å². The summed E-state index contributed by atoms with van der Waals surface area (Å²) in [6.07, 6.45) is 0. The van der Waals surface area contributed by atoms with Crippen LogP contribution in [0, 0.1) is 0 Å². The lowest BCUT2D eigenvalue weighted by molar-refractivity contribution is -0.0497. The molecule has 0 saturated carbocycles. The van der Waals surface area contributed by atoms with Gasteiger partial charge in [-0.25, -0.2) is 0 Å². The van der Waals surface area contributed by atoms with Crippen molar-refractivity contribution in [2.24, 2.45) is 0 Å². The molecule has 0 aromatic heterocycles. The molecule has 0 aliphatic rings. The van der Waals surface area contributed by atoms with Gasteiger partial charge in [0.1, 0.15) is 11.5 Å². The lowest BCUT2D eigenvalue weighted by Gasteiger charge is -2.08. The van der Waals surface area contributed by atoms with Crippen LogP contribution in [0.3, 0.4) is 0 Å². The van der Waals surface area contributed by atoms with Crippen LogP contribution in [0.25, 0.3) is 10.8 Å². The maximum atomic E-state index is 12.0. The molecule has 0 radical (unpaired) electrons. The zero-order chi connectivity index (χ0) is 11.5. The number of alkyl halides is 2. The predicted molar refractivity (Wildman–Crippen MR) is 57.1 cm³/mol. The Morgan fingerprint density at radius 3 is 2.62 bits per heavy atom. The van der Waals surface area contributed by atoms with Crippen molar-refractivity contribution in [3.63, 3.8) is 0 Å². The normalized spacial score (nSPS) is 10.8. The van der Waals surface area contributed by atoms with E-state index >= 15 is 0 Å². The summed E-state index contributed by atoms with van der Waals surface area (Å²) in [6, 6.07) is 10.3. The second-order valence-corrected chi connectivity index (χ2v) is 3.22. The molecule has 2 aromatic carbocycles. The summed E-state index contributed by atoms with van der Waals surface area (Å²) in [4.78, 5) is 0. The van der Waals surface area contributed by atoms with Crippen LogP contribution in [0.2, 0.25) is 0 Å². The molecule has 0 unspecified atom stereocenters. The lowest BCUT2D eigenvalue weighted by Crippen LogP contribution is -2.01. The first-order valence-electron chi connectivity index (χ1n) is 4.72. The molecule has 84 valence electrons. The van der Waals surface area contributed by atoms with E-state index in [9.17, 15) is 8.78 Å². The van der Waals surface area contributed by atoms with Crippen LogP contribution in [-0.2, 0) is 0 Å². The third-order valence-corrected chi connectivity index (χ3v) is 2.26. The monoisotopic (exact) mass is 224 g/mol. The largest absolute Gasteiger partial charge is 0.496 e. The summed E-state index contributed by atoms with van der Waals surface area (Å²) in [7, 11) is 1.54. The Balaban J connectivity index is 2.50. The molecule has 2 rings (SSSR count). The number of methoxy groups -OCH3 is 1. The van der Waals surface area contributed by atoms with Crippen molar-refractivity contribution in [1.82, 2.24) is 0 Å². The minimum absolute atomic E-state index is 0.131. The fraction of sp³-hybridized carbons (Fsp3) is 0.167. The number of hydrogen-bond acceptors (Lipinski definition) is 2. The molecule has 16 heavy (non-hydrogen) atoms. The highest BCUT2D eigenvalue weighted by Gasteiger charge is 2.06. The van der Waals surface area contributed by atoms with Crippen molar-refractivity contribution in [3.8, 4) is 11.5 Å². The summed E-state index contributed by atoms with van der Waals surface area (Å²) >= 11 is 0. The fourth-order valence-corrected chi connectivity index (χ4v) is 1.58. The van der Waals surface area contributed by atoms with E-state index in [1.165, 1.54) is 13.2 Å². The molecule has 0 N–H and O–H groups in total. The molecule has 0 saturated heterocycles. The van der Waals surface area contributed by atoms with E-state index < -0.39 is 6.61 Å². The first-order valence-corrected chi connectivity index (χ1v) is 4.72. The second-order valence-electron chi connectivity index (χ2n) is 3.22. The topological polar surface area (TPSA) is 18.5 Å². The van der Waals surface area contributed by atoms with Crippen molar-refractivity contribution in [1.29, 1.82) is 0 Å². The Hall–Kier alpha value is -1.84. The van der Waals surface area contributed by atoms with Crippen LogP contribution in [0.1, 0.15) is 0 Å². The third-order valence-electron chi connectivity index (χ3n) is 2.26. The van der Waals surface area contributed by atoms with Gasteiger partial charge in [-0.2, -0.15) is 8.78 Å². The number of ether oxygens (including phenoxy) is 2. The molecule has 0 atom stereocenters. The van der Waals surface area contributed by atoms with E-state index in [1.807, 2.05) is 12.1 Å². The molecule has 0 fully saturated rings. The van der Waals surface area contributed by atoms with Gasteiger partial charge in [-0.1, -0.05) is 18.2 Å². The SMILES string of the molecule is COc1cccc2ccc(OC(F)F)cc12. The summed E-state index contributed by atoms with van der Waals surface area (Å²) in [5, 5.41) is 1.67. The van der Waals surface area contributed by atoms with Crippen molar-refractivity contribution < 1.29 is 18.3 Å². The maximum Gasteiger partial charge on any atom is 0.387 e. The Morgan fingerprint density at radius 2 is 1.94 bits per heavy atom. The van der Waals surface area contributed by atoms with Gasteiger partial charge in [-0.05, 0) is 23.6 Å². The standard InChI is InChI=1S/C12H10F2O2/c1-15-11-4-2-3-8-5-6-9(7-10(8)11)16-12(13)14/h2-7,12H,1H3. The van der Waals surface area contributed by atoms with Gasteiger partial charge in [0.15, 0.2) is 0 Å². The van der Waals surface area contributed by atoms with E-state index in [-0.39, 0.29) is 5.75 Å². The summed E-state index contributed by atoms with van der Waals surface area (Å²) in [5.41, 5.74) is 0. The number of benzene rings is 2. The van der Waals surface area contributed by atoms with Crippen LogP contribution in [0.5, 0.6) is 11.5 Å². The molecule has 0 spiro atoms. The molecule has 4 heteroatoms. The highest BCUT2D eigenvalue weighted by molar-refractivity contribution is 5.89. The van der Waals surface area contributed by atoms with Gasteiger partial charge in [-0.15, -0.1) is 0 Å². The smallest absolute Gasteiger partial charge is 0.387 e. The van der Waals surface area contributed by atoms with E-state index in [1.54, 1.807) is 18.2 Å². The van der Waals surface area contributed by atoms with Gasteiger partial charge >= 0.3 is 6.61 Å². The molecule has 2 nitrogen and oxygen atoms in total. The molecular formula is C12H10F2O2. The van der Waals surface area contributed by atoms with Gasteiger partial charge in [0.05, 0.1) is 7.11 Å². The summed E-state index contributed by atoms with van der Waals surface area (Å²) < 4.78 is 33.6. The lowest BCUT2D eigenvalue weighted by atomic mass is 10.1. The van der Waals surface area contributed by atoms with Crippen LogP contribution in [0.15, 0.2) is 36.4 Å². The Morgan fingerprint density at radius 1 is 1.12 bits per heavy atom. The van der Waals surface area contributed by atoms with E-state index in [2.05, 4.69) is 4.74 Å². The zero-order valence-corrected chi connectivity index (χ0v) is 8.61. The van der Waals surface area contributed by atoms with Crippen LogP contribution >= 0.6 is 0 Å². The minimum Gasteiger partial charge on any atom is -0.496 e.